The number of ether oxygens (including phenoxy) is 1. The van der Waals surface area contributed by atoms with E-state index in [4.69, 9.17) is 14.8 Å². The number of rotatable bonds is 5. The number of hydrogen-bond acceptors (Lipinski definition) is 6. The molecule has 1 aromatic heterocycles. The van der Waals surface area contributed by atoms with Crippen LogP contribution in [0.15, 0.2) is 71.5 Å². The number of nitrogens with zero attached hydrogens (tertiary/aromatic N) is 3. The molecule has 2 atom stereocenters. The van der Waals surface area contributed by atoms with Crippen LogP contribution in [0.3, 0.4) is 0 Å². The maximum Gasteiger partial charge on any atom is 0.227 e. The van der Waals surface area contributed by atoms with Crippen LogP contribution in [0.25, 0.3) is 0 Å². The average Bonchev–Trinajstić information content (AvgIpc) is 3.20. The molecule has 0 radical (unpaired) electrons. The molecule has 6 nitrogen and oxygen atoms in total. The number of carbonyl (C=O) groups excluding carboxylic acids is 1. The molecule has 0 saturated carbocycles. The monoisotopic (exact) mass is 418 g/mol. The lowest BCUT2D eigenvalue weighted by Gasteiger charge is -2.36. The molecule has 152 valence electrons. The summed E-state index contributed by atoms with van der Waals surface area (Å²) in [6, 6.07) is 17.8. The normalized spacial score (nSPS) is 20.0. The van der Waals surface area contributed by atoms with E-state index in [-0.39, 0.29) is 17.7 Å². The highest BCUT2D eigenvalue weighted by Gasteiger charge is 2.42. The first-order valence-electron chi connectivity index (χ1n) is 10.0. The van der Waals surface area contributed by atoms with E-state index in [2.05, 4.69) is 23.5 Å². The number of para-hydroxylation sites is 1. The molecule has 1 aliphatic heterocycles. The molecule has 30 heavy (non-hydrogen) atoms. The summed E-state index contributed by atoms with van der Waals surface area (Å²) in [7, 11) is 1.66. The van der Waals surface area contributed by atoms with Crippen LogP contribution < -0.4 is 10.1 Å². The van der Waals surface area contributed by atoms with Crippen LogP contribution in [0.1, 0.15) is 30.0 Å². The Kier molecular flexibility index (Phi) is 5.04. The Bertz CT molecular complexity index is 1110. The van der Waals surface area contributed by atoms with Gasteiger partial charge in [-0.1, -0.05) is 66.4 Å². The highest BCUT2D eigenvalue weighted by molar-refractivity contribution is 7.98. The molecule has 0 saturated heterocycles. The molecule has 5 rings (SSSR count). The van der Waals surface area contributed by atoms with Crippen molar-refractivity contribution in [3.8, 4) is 5.75 Å². The molecule has 2 aliphatic rings. The zero-order chi connectivity index (χ0) is 20.5. The number of thioether (sulfide) groups is 1. The molecule has 2 heterocycles. The van der Waals surface area contributed by atoms with Gasteiger partial charge in [0.15, 0.2) is 0 Å². The summed E-state index contributed by atoms with van der Waals surface area (Å²) in [6.07, 6.45) is 3.41. The van der Waals surface area contributed by atoms with Crippen molar-refractivity contribution in [1.29, 1.82) is 0 Å². The number of benzene rings is 2. The summed E-state index contributed by atoms with van der Waals surface area (Å²) in [4.78, 5) is 17.7. The van der Waals surface area contributed by atoms with Crippen molar-refractivity contribution in [2.45, 2.75) is 29.8 Å². The van der Waals surface area contributed by atoms with Crippen molar-refractivity contribution in [3.63, 3.8) is 0 Å². The summed E-state index contributed by atoms with van der Waals surface area (Å²) >= 11 is 1.59. The Labute approximate surface area is 179 Å². The van der Waals surface area contributed by atoms with Crippen LogP contribution in [0.2, 0.25) is 0 Å². The molecule has 0 unspecified atom stereocenters. The highest BCUT2D eigenvalue weighted by Crippen LogP contribution is 2.44. The fraction of sp³-hybridized carbons (Fsp3) is 0.261. The smallest absolute Gasteiger partial charge is 0.227 e. The van der Waals surface area contributed by atoms with E-state index in [1.807, 2.05) is 47.1 Å². The van der Waals surface area contributed by atoms with Crippen LogP contribution in [-0.2, 0) is 10.5 Å². The Morgan fingerprint density at radius 3 is 2.80 bits per heavy atom. The lowest BCUT2D eigenvalue weighted by Crippen LogP contribution is -2.38. The lowest BCUT2D eigenvalue weighted by atomic mass is 9.80. The number of allylic oxidation sites excluding steroid dienone is 2. The van der Waals surface area contributed by atoms with Crippen molar-refractivity contribution in [2.24, 2.45) is 5.92 Å². The van der Waals surface area contributed by atoms with Crippen molar-refractivity contribution in [2.75, 3.05) is 12.4 Å². The van der Waals surface area contributed by atoms with Gasteiger partial charge in [0.1, 0.15) is 11.5 Å². The van der Waals surface area contributed by atoms with Gasteiger partial charge in [-0.05, 0) is 18.1 Å². The Hall–Kier alpha value is -3.06. The molecule has 0 amide bonds. The summed E-state index contributed by atoms with van der Waals surface area (Å²) in [5.41, 5.74) is 3.08. The van der Waals surface area contributed by atoms with Crippen molar-refractivity contribution >= 4 is 23.5 Å². The molecule has 0 spiro atoms. The van der Waals surface area contributed by atoms with E-state index in [1.54, 1.807) is 18.9 Å². The highest BCUT2D eigenvalue weighted by atomic mass is 32.2. The number of Topliss-reactive ketones (excluding diaryl/α,β-unsaturated/α-hetero) is 1. The number of carbonyl (C=O) groups is 1. The quantitative estimate of drug-likeness (QED) is 0.617. The number of nitrogens with one attached hydrogen (secondary N) is 1. The van der Waals surface area contributed by atoms with Crippen LogP contribution in [0.5, 0.6) is 5.75 Å². The number of aromatic nitrogens is 3. The van der Waals surface area contributed by atoms with Crippen LogP contribution in [-0.4, -0.2) is 27.7 Å². The minimum Gasteiger partial charge on any atom is -0.496 e. The zero-order valence-corrected chi connectivity index (χ0v) is 17.4. The molecule has 2 aromatic carbocycles. The van der Waals surface area contributed by atoms with E-state index in [9.17, 15) is 4.79 Å². The molecule has 3 aromatic rings. The third kappa shape index (κ3) is 3.39. The van der Waals surface area contributed by atoms with Gasteiger partial charge in [-0.15, -0.1) is 5.10 Å². The molecule has 1 aliphatic carbocycles. The second kappa shape index (κ2) is 7.99. The SMILES string of the molecule is COc1ccccc1[C@H]1[C@@H]2C(=O)CCC=C2Nc2nc(SCc3ccccc3)nn21. The van der Waals surface area contributed by atoms with Gasteiger partial charge in [-0.25, -0.2) is 4.68 Å². The van der Waals surface area contributed by atoms with Crippen molar-refractivity contribution in [3.05, 3.63) is 77.5 Å². The van der Waals surface area contributed by atoms with E-state index in [1.165, 1.54) is 5.56 Å². The summed E-state index contributed by atoms with van der Waals surface area (Å²) < 4.78 is 7.48. The molecular formula is C23H22N4O2S. The number of fused-ring (bicyclic) bond motifs is 2. The predicted octanol–water partition coefficient (Wildman–Crippen LogP) is 4.46. The zero-order valence-electron chi connectivity index (χ0n) is 16.6. The first-order valence-corrected chi connectivity index (χ1v) is 11.0. The summed E-state index contributed by atoms with van der Waals surface area (Å²) in [5, 5.41) is 8.84. The first kappa shape index (κ1) is 18.9. The van der Waals surface area contributed by atoms with Gasteiger partial charge in [-0.2, -0.15) is 4.98 Å². The maximum atomic E-state index is 13.0. The second-order valence-electron chi connectivity index (χ2n) is 7.39. The standard InChI is InChI=1S/C23H22N4O2S/c1-29-19-13-6-5-10-16(19)21-20-17(11-7-12-18(20)28)24-22-25-23(26-27(21)22)30-14-15-8-3-2-4-9-15/h2-6,8-11,13,20-21H,7,12,14H2,1H3,(H,24,25,26)/t20-,21-/m0/s1. The fourth-order valence-corrected chi connectivity index (χ4v) is 4.94. The van der Waals surface area contributed by atoms with Crippen molar-refractivity contribution in [1.82, 2.24) is 14.8 Å². The van der Waals surface area contributed by atoms with Gasteiger partial charge < -0.3 is 10.1 Å². The Morgan fingerprint density at radius 1 is 1.17 bits per heavy atom. The Morgan fingerprint density at radius 2 is 1.97 bits per heavy atom. The molecule has 0 fully saturated rings. The van der Waals surface area contributed by atoms with Crippen LogP contribution in [0.4, 0.5) is 5.95 Å². The number of ketones is 1. The van der Waals surface area contributed by atoms with E-state index in [0.717, 1.165) is 29.2 Å². The van der Waals surface area contributed by atoms with Gasteiger partial charge in [0.2, 0.25) is 11.1 Å². The topological polar surface area (TPSA) is 69.0 Å². The largest absolute Gasteiger partial charge is 0.496 e. The third-order valence-corrected chi connectivity index (χ3v) is 6.46. The predicted molar refractivity (Wildman–Crippen MR) is 117 cm³/mol. The van der Waals surface area contributed by atoms with E-state index in [0.29, 0.717) is 17.5 Å². The van der Waals surface area contributed by atoms with Gasteiger partial charge in [0, 0.05) is 23.4 Å². The minimum atomic E-state index is -0.309. The molecule has 0 bridgehead atoms. The van der Waals surface area contributed by atoms with Gasteiger partial charge in [-0.3, -0.25) is 4.79 Å². The number of hydrogen-bond donors (Lipinski definition) is 1. The van der Waals surface area contributed by atoms with E-state index >= 15 is 0 Å². The lowest BCUT2D eigenvalue weighted by molar-refractivity contribution is -0.123. The third-order valence-electron chi connectivity index (χ3n) is 5.55. The van der Waals surface area contributed by atoms with Gasteiger partial charge in [0.05, 0.1) is 19.1 Å². The Balaban J connectivity index is 1.55. The maximum absolute atomic E-state index is 13.0. The van der Waals surface area contributed by atoms with Crippen LogP contribution >= 0.6 is 11.8 Å². The number of anilines is 1. The summed E-state index contributed by atoms with van der Waals surface area (Å²) in [6.45, 7) is 0. The second-order valence-corrected chi connectivity index (χ2v) is 8.33. The summed E-state index contributed by atoms with van der Waals surface area (Å²) in [5.74, 6) is 2.11. The average molecular weight is 419 g/mol. The minimum absolute atomic E-state index is 0.218. The van der Waals surface area contributed by atoms with Crippen molar-refractivity contribution < 1.29 is 9.53 Å². The van der Waals surface area contributed by atoms with Gasteiger partial charge in [0.25, 0.3) is 0 Å². The first-order chi connectivity index (χ1) is 14.7. The molecule has 1 N–H and O–H groups in total. The molecule has 7 heteroatoms. The van der Waals surface area contributed by atoms with E-state index < -0.39 is 0 Å². The number of methoxy groups -OCH3 is 1. The molecular weight excluding hydrogens is 396 g/mol. The van der Waals surface area contributed by atoms with Gasteiger partial charge >= 0.3 is 0 Å². The van der Waals surface area contributed by atoms with Crippen LogP contribution in [0, 0.1) is 5.92 Å². The fourth-order valence-electron chi connectivity index (χ4n) is 4.16.